The Balaban J connectivity index is 2.48. The van der Waals surface area contributed by atoms with E-state index in [2.05, 4.69) is 0 Å². The van der Waals surface area contributed by atoms with Crippen LogP contribution in [0, 0.1) is 16.7 Å². The highest BCUT2D eigenvalue weighted by molar-refractivity contribution is 4.94. The Labute approximate surface area is 66.6 Å². The Kier molecular flexibility index (Phi) is 2.48. The smallest absolute Gasteiger partial charge is 0.0770 e. The molecule has 1 fully saturated rings. The molecule has 0 amide bonds. The minimum absolute atomic E-state index is 0.115. The first-order chi connectivity index (χ1) is 5.25. The molecule has 1 aliphatic heterocycles. The van der Waals surface area contributed by atoms with E-state index in [1.165, 1.54) is 0 Å². The molecule has 0 aromatic heterocycles. The van der Waals surface area contributed by atoms with Gasteiger partial charge in [-0.1, -0.05) is 6.92 Å². The lowest BCUT2D eigenvalue weighted by Crippen LogP contribution is -2.50. The minimum atomic E-state index is -0.508. The van der Waals surface area contributed by atoms with E-state index in [1.807, 2.05) is 13.0 Å². The highest BCUT2D eigenvalue weighted by atomic mass is 16.5. The van der Waals surface area contributed by atoms with Crippen LogP contribution < -0.4 is 0 Å². The zero-order valence-corrected chi connectivity index (χ0v) is 6.71. The Morgan fingerprint density at radius 2 is 2.36 bits per heavy atom. The van der Waals surface area contributed by atoms with Crippen LogP contribution >= 0.6 is 0 Å². The highest BCUT2D eigenvalue weighted by Crippen LogP contribution is 2.36. The SMILES string of the molecule is CCC1(C(O)CC#N)COC1. The molecule has 0 saturated carbocycles. The summed E-state index contributed by atoms with van der Waals surface area (Å²) in [5.74, 6) is 0. The first-order valence-electron chi connectivity index (χ1n) is 3.88. The average Bonchev–Trinajstić information content (AvgIpc) is 1.87. The molecule has 3 heteroatoms. The van der Waals surface area contributed by atoms with E-state index in [0.717, 1.165) is 6.42 Å². The number of rotatable bonds is 3. The summed E-state index contributed by atoms with van der Waals surface area (Å²) in [4.78, 5) is 0. The van der Waals surface area contributed by atoms with Gasteiger partial charge in [-0.15, -0.1) is 0 Å². The first-order valence-corrected chi connectivity index (χ1v) is 3.88. The van der Waals surface area contributed by atoms with Crippen molar-refractivity contribution >= 4 is 0 Å². The molecule has 1 N–H and O–H groups in total. The van der Waals surface area contributed by atoms with Gasteiger partial charge in [-0.2, -0.15) is 5.26 Å². The van der Waals surface area contributed by atoms with Gasteiger partial charge in [0.15, 0.2) is 0 Å². The molecule has 0 aliphatic carbocycles. The van der Waals surface area contributed by atoms with Crippen molar-refractivity contribution in [2.75, 3.05) is 13.2 Å². The molecule has 0 bridgehead atoms. The van der Waals surface area contributed by atoms with Gasteiger partial charge in [-0.25, -0.2) is 0 Å². The second-order valence-corrected chi connectivity index (χ2v) is 3.09. The van der Waals surface area contributed by atoms with Crippen LogP contribution in [0.5, 0.6) is 0 Å². The van der Waals surface area contributed by atoms with Gasteiger partial charge in [-0.05, 0) is 6.42 Å². The van der Waals surface area contributed by atoms with E-state index in [-0.39, 0.29) is 11.8 Å². The molecule has 11 heavy (non-hydrogen) atoms. The molecule has 0 aromatic carbocycles. The molecular formula is C8H13NO2. The summed E-state index contributed by atoms with van der Waals surface area (Å²) < 4.78 is 5.03. The Bertz CT molecular complexity index is 164. The molecule has 1 rings (SSSR count). The number of nitrogens with zero attached hydrogens (tertiary/aromatic N) is 1. The normalized spacial score (nSPS) is 23.4. The fourth-order valence-electron chi connectivity index (χ4n) is 1.30. The van der Waals surface area contributed by atoms with Crippen molar-refractivity contribution in [2.45, 2.75) is 25.9 Å². The third kappa shape index (κ3) is 1.37. The van der Waals surface area contributed by atoms with Gasteiger partial charge in [0.05, 0.1) is 31.8 Å². The number of aliphatic hydroxyl groups excluding tert-OH is 1. The molecule has 3 nitrogen and oxygen atoms in total. The fraction of sp³-hybridized carbons (Fsp3) is 0.875. The van der Waals surface area contributed by atoms with Crippen LogP contribution in [-0.2, 0) is 4.74 Å². The van der Waals surface area contributed by atoms with E-state index in [4.69, 9.17) is 10.00 Å². The summed E-state index contributed by atoms with van der Waals surface area (Å²) >= 11 is 0. The van der Waals surface area contributed by atoms with Gasteiger partial charge < -0.3 is 9.84 Å². The third-order valence-corrected chi connectivity index (χ3v) is 2.47. The van der Waals surface area contributed by atoms with Gasteiger partial charge in [-0.3, -0.25) is 0 Å². The van der Waals surface area contributed by atoms with Crippen LogP contribution in [-0.4, -0.2) is 24.4 Å². The molecule has 1 atom stereocenters. The maximum absolute atomic E-state index is 9.52. The second-order valence-electron chi connectivity index (χ2n) is 3.09. The van der Waals surface area contributed by atoms with Gasteiger partial charge in [0.1, 0.15) is 0 Å². The lowest BCUT2D eigenvalue weighted by molar-refractivity contribution is -0.171. The maximum atomic E-state index is 9.52. The lowest BCUT2D eigenvalue weighted by Gasteiger charge is -2.43. The van der Waals surface area contributed by atoms with Crippen LogP contribution in [0.3, 0.4) is 0 Å². The van der Waals surface area contributed by atoms with Gasteiger partial charge >= 0.3 is 0 Å². The lowest BCUT2D eigenvalue weighted by atomic mass is 9.76. The molecule has 0 radical (unpaired) electrons. The molecule has 1 aliphatic rings. The maximum Gasteiger partial charge on any atom is 0.0770 e. The zero-order chi connectivity index (χ0) is 8.32. The van der Waals surface area contributed by atoms with Crippen molar-refractivity contribution in [1.29, 1.82) is 5.26 Å². The second kappa shape index (κ2) is 3.21. The first kappa shape index (κ1) is 8.51. The fourth-order valence-corrected chi connectivity index (χ4v) is 1.30. The number of ether oxygens (including phenoxy) is 1. The minimum Gasteiger partial charge on any atom is -0.391 e. The van der Waals surface area contributed by atoms with Gasteiger partial charge in [0.2, 0.25) is 0 Å². The average molecular weight is 155 g/mol. The van der Waals surface area contributed by atoms with Crippen LogP contribution in [0.25, 0.3) is 0 Å². The summed E-state index contributed by atoms with van der Waals surface area (Å²) in [6, 6.07) is 1.97. The van der Waals surface area contributed by atoms with E-state index >= 15 is 0 Å². The van der Waals surface area contributed by atoms with Crippen LogP contribution in [0.15, 0.2) is 0 Å². The Hall–Kier alpha value is -0.590. The van der Waals surface area contributed by atoms with E-state index in [1.54, 1.807) is 0 Å². The van der Waals surface area contributed by atoms with Crippen LogP contribution in [0.2, 0.25) is 0 Å². The van der Waals surface area contributed by atoms with Crippen LogP contribution in [0.4, 0.5) is 0 Å². The summed E-state index contributed by atoms with van der Waals surface area (Å²) in [6.45, 7) is 3.22. The van der Waals surface area contributed by atoms with E-state index < -0.39 is 6.10 Å². The van der Waals surface area contributed by atoms with Crippen molar-refractivity contribution in [1.82, 2.24) is 0 Å². The van der Waals surface area contributed by atoms with Crippen molar-refractivity contribution in [3.63, 3.8) is 0 Å². The molecule has 1 heterocycles. The molecule has 1 unspecified atom stereocenters. The molecule has 1 saturated heterocycles. The molecular weight excluding hydrogens is 142 g/mol. The highest BCUT2D eigenvalue weighted by Gasteiger charge is 2.43. The Morgan fingerprint density at radius 1 is 1.73 bits per heavy atom. The topological polar surface area (TPSA) is 53.2 Å². The monoisotopic (exact) mass is 155 g/mol. The Morgan fingerprint density at radius 3 is 2.64 bits per heavy atom. The quantitative estimate of drug-likeness (QED) is 0.652. The van der Waals surface area contributed by atoms with Crippen molar-refractivity contribution in [3.05, 3.63) is 0 Å². The van der Waals surface area contributed by atoms with E-state index in [9.17, 15) is 5.11 Å². The summed E-state index contributed by atoms with van der Waals surface area (Å²) in [5.41, 5.74) is -0.115. The zero-order valence-electron chi connectivity index (χ0n) is 6.71. The molecule has 0 spiro atoms. The largest absolute Gasteiger partial charge is 0.391 e. The summed E-state index contributed by atoms with van der Waals surface area (Å²) in [6.07, 6.45) is 0.596. The van der Waals surface area contributed by atoms with Crippen molar-refractivity contribution < 1.29 is 9.84 Å². The molecule has 0 aromatic rings. The number of aliphatic hydroxyl groups is 1. The predicted molar refractivity (Wildman–Crippen MR) is 39.8 cm³/mol. The van der Waals surface area contributed by atoms with Crippen LogP contribution in [0.1, 0.15) is 19.8 Å². The van der Waals surface area contributed by atoms with E-state index in [0.29, 0.717) is 13.2 Å². The summed E-state index contributed by atoms with van der Waals surface area (Å²) in [5, 5.41) is 17.9. The number of hydrogen-bond acceptors (Lipinski definition) is 3. The number of nitriles is 1. The molecule has 62 valence electrons. The third-order valence-electron chi connectivity index (χ3n) is 2.47. The summed E-state index contributed by atoms with van der Waals surface area (Å²) in [7, 11) is 0. The van der Waals surface area contributed by atoms with Crippen molar-refractivity contribution in [2.24, 2.45) is 5.41 Å². The predicted octanol–water partition coefficient (Wildman–Crippen LogP) is 0.688. The van der Waals surface area contributed by atoms with Gasteiger partial charge in [0.25, 0.3) is 0 Å². The standard InChI is InChI=1S/C8H13NO2/c1-2-8(5-11-6-8)7(10)3-4-9/h7,10H,2-3,5-6H2,1H3. The van der Waals surface area contributed by atoms with Gasteiger partial charge in [0, 0.05) is 5.41 Å². The van der Waals surface area contributed by atoms with Crippen molar-refractivity contribution in [3.8, 4) is 6.07 Å². The number of hydrogen-bond donors (Lipinski definition) is 1.